The lowest BCUT2D eigenvalue weighted by Crippen LogP contribution is -2.30. The third kappa shape index (κ3) is 11.4. The number of nitrogens with one attached hydrogen (secondary N) is 1. The van der Waals surface area contributed by atoms with Crippen molar-refractivity contribution in [3.63, 3.8) is 0 Å². The first kappa shape index (κ1) is 16.2. The monoisotopic (exact) mass is 256 g/mol. The highest BCUT2D eigenvalue weighted by Gasteiger charge is 2.27. The van der Waals surface area contributed by atoms with E-state index < -0.39 is 12.8 Å². The minimum Gasteiger partial charge on any atom is -0.372 e. The van der Waals surface area contributed by atoms with Crippen LogP contribution in [0.1, 0.15) is 19.8 Å². The van der Waals surface area contributed by atoms with Crippen molar-refractivity contribution in [2.24, 2.45) is 11.7 Å². The predicted molar refractivity (Wildman–Crippen MR) is 57.3 cm³/mol. The van der Waals surface area contributed by atoms with Crippen molar-refractivity contribution in [1.29, 1.82) is 0 Å². The van der Waals surface area contributed by atoms with E-state index in [0.29, 0.717) is 13.1 Å². The van der Waals surface area contributed by atoms with Gasteiger partial charge in [0.2, 0.25) is 5.91 Å². The molecule has 3 N–H and O–H groups in total. The van der Waals surface area contributed by atoms with Crippen LogP contribution in [0.2, 0.25) is 0 Å². The first-order valence-electron chi connectivity index (χ1n) is 5.46. The van der Waals surface area contributed by atoms with Crippen molar-refractivity contribution in [3.8, 4) is 0 Å². The largest absolute Gasteiger partial charge is 0.411 e. The smallest absolute Gasteiger partial charge is 0.372 e. The Morgan fingerprint density at radius 1 is 1.47 bits per heavy atom. The molecule has 0 aromatic heterocycles. The van der Waals surface area contributed by atoms with Crippen LogP contribution in [0.25, 0.3) is 0 Å². The van der Waals surface area contributed by atoms with Gasteiger partial charge >= 0.3 is 6.18 Å². The highest BCUT2D eigenvalue weighted by atomic mass is 19.4. The number of carbonyl (C=O) groups excluding carboxylic acids is 1. The summed E-state index contributed by atoms with van der Waals surface area (Å²) in [7, 11) is 0. The molecule has 0 fully saturated rings. The molecule has 7 heteroatoms. The second kappa shape index (κ2) is 8.30. The Kier molecular flexibility index (Phi) is 7.90. The molecule has 1 unspecified atom stereocenters. The SMILES string of the molecule is CC(CCN)CNC(=O)CCOCC(F)(F)F. The normalized spacial score (nSPS) is 13.5. The van der Waals surface area contributed by atoms with Crippen LogP contribution in [0.5, 0.6) is 0 Å². The molecule has 0 aliphatic heterocycles. The van der Waals surface area contributed by atoms with E-state index >= 15 is 0 Å². The third-order valence-corrected chi connectivity index (χ3v) is 2.05. The van der Waals surface area contributed by atoms with Crippen molar-refractivity contribution < 1.29 is 22.7 Å². The molecule has 1 atom stereocenters. The van der Waals surface area contributed by atoms with Crippen molar-refractivity contribution >= 4 is 5.91 Å². The van der Waals surface area contributed by atoms with Crippen LogP contribution in [0.15, 0.2) is 0 Å². The molecule has 4 nitrogen and oxygen atoms in total. The van der Waals surface area contributed by atoms with Gasteiger partial charge in [-0.05, 0) is 18.9 Å². The van der Waals surface area contributed by atoms with Crippen LogP contribution in [0.4, 0.5) is 13.2 Å². The van der Waals surface area contributed by atoms with E-state index in [0.717, 1.165) is 6.42 Å². The predicted octanol–water partition coefficient (Wildman–Crippen LogP) is 1.06. The molecular weight excluding hydrogens is 237 g/mol. The van der Waals surface area contributed by atoms with Gasteiger partial charge in [0.05, 0.1) is 6.61 Å². The standard InChI is InChI=1S/C10H19F3N2O2/c1-8(2-4-14)6-15-9(16)3-5-17-7-10(11,12)13/h8H,2-7,14H2,1H3,(H,15,16). The number of rotatable bonds is 8. The van der Waals surface area contributed by atoms with Crippen LogP contribution in [0, 0.1) is 5.92 Å². The zero-order chi connectivity index (χ0) is 13.3. The van der Waals surface area contributed by atoms with E-state index in [1.165, 1.54) is 0 Å². The maximum atomic E-state index is 11.7. The summed E-state index contributed by atoms with van der Waals surface area (Å²) < 4.78 is 39.4. The number of hydrogen-bond acceptors (Lipinski definition) is 3. The summed E-state index contributed by atoms with van der Waals surface area (Å²) in [6.45, 7) is 1.43. The zero-order valence-corrected chi connectivity index (χ0v) is 9.85. The minimum absolute atomic E-state index is 0.0641. The fourth-order valence-electron chi connectivity index (χ4n) is 1.12. The molecule has 17 heavy (non-hydrogen) atoms. The van der Waals surface area contributed by atoms with E-state index in [4.69, 9.17) is 5.73 Å². The number of amides is 1. The minimum atomic E-state index is -4.34. The number of alkyl halides is 3. The van der Waals surface area contributed by atoms with Gasteiger partial charge in [0, 0.05) is 13.0 Å². The van der Waals surface area contributed by atoms with Crippen LogP contribution < -0.4 is 11.1 Å². The van der Waals surface area contributed by atoms with Crippen molar-refractivity contribution in [3.05, 3.63) is 0 Å². The maximum Gasteiger partial charge on any atom is 0.411 e. The summed E-state index contributed by atoms with van der Waals surface area (Å²) in [6.07, 6.45) is -3.61. The summed E-state index contributed by atoms with van der Waals surface area (Å²) in [4.78, 5) is 11.2. The molecule has 0 rings (SSSR count). The highest BCUT2D eigenvalue weighted by molar-refractivity contribution is 5.75. The van der Waals surface area contributed by atoms with Gasteiger partial charge in [-0.2, -0.15) is 13.2 Å². The van der Waals surface area contributed by atoms with E-state index in [-0.39, 0.29) is 24.9 Å². The Bertz CT molecular complexity index is 222. The van der Waals surface area contributed by atoms with E-state index in [2.05, 4.69) is 10.1 Å². The molecule has 0 aliphatic carbocycles. The van der Waals surface area contributed by atoms with Gasteiger partial charge in [0.1, 0.15) is 6.61 Å². The molecule has 0 radical (unpaired) electrons. The molecule has 0 saturated heterocycles. The summed E-state index contributed by atoms with van der Waals surface area (Å²) in [5.74, 6) is -0.0453. The average molecular weight is 256 g/mol. The Morgan fingerprint density at radius 3 is 2.65 bits per heavy atom. The molecule has 0 aromatic rings. The van der Waals surface area contributed by atoms with Gasteiger partial charge in [-0.1, -0.05) is 6.92 Å². The summed E-state index contributed by atoms with van der Waals surface area (Å²) in [5, 5.41) is 2.61. The van der Waals surface area contributed by atoms with Crippen LogP contribution in [-0.2, 0) is 9.53 Å². The molecule has 0 heterocycles. The number of hydrogen-bond donors (Lipinski definition) is 2. The molecule has 1 amide bonds. The molecule has 0 saturated carbocycles. The lowest BCUT2D eigenvalue weighted by molar-refractivity contribution is -0.174. The van der Waals surface area contributed by atoms with Gasteiger partial charge < -0.3 is 15.8 Å². The highest BCUT2D eigenvalue weighted by Crippen LogP contribution is 2.14. The molecular formula is C10H19F3N2O2. The summed E-state index contributed by atoms with van der Waals surface area (Å²) >= 11 is 0. The van der Waals surface area contributed by atoms with Crippen molar-refractivity contribution in [2.45, 2.75) is 25.9 Å². The maximum absolute atomic E-state index is 11.7. The average Bonchev–Trinajstić information content (AvgIpc) is 2.21. The first-order valence-corrected chi connectivity index (χ1v) is 5.46. The van der Waals surface area contributed by atoms with Gasteiger partial charge in [-0.3, -0.25) is 4.79 Å². The topological polar surface area (TPSA) is 64.3 Å². The van der Waals surface area contributed by atoms with E-state index in [1.54, 1.807) is 0 Å². The summed E-state index contributed by atoms with van der Waals surface area (Å²) in [6, 6.07) is 0. The van der Waals surface area contributed by atoms with Gasteiger partial charge in [-0.15, -0.1) is 0 Å². The molecule has 0 spiro atoms. The van der Waals surface area contributed by atoms with Gasteiger partial charge in [0.25, 0.3) is 0 Å². The lowest BCUT2D eigenvalue weighted by Gasteiger charge is -2.11. The Morgan fingerprint density at radius 2 is 2.12 bits per heavy atom. The third-order valence-electron chi connectivity index (χ3n) is 2.05. The Balaban J connectivity index is 3.47. The Hall–Kier alpha value is -0.820. The summed E-state index contributed by atoms with van der Waals surface area (Å²) in [5.41, 5.74) is 5.34. The fraction of sp³-hybridized carbons (Fsp3) is 0.900. The molecule has 0 bridgehead atoms. The van der Waals surface area contributed by atoms with E-state index in [1.807, 2.05) is 6.92 Å². The van der Waals surface area contributed by atoms with Gasteiger partial charge in [0.15, 0.2) is 0 Å². The molecule has 0 aromatic carbocycles. The molecule has 0 aliphatic rings. The van der Waals surface area contributed by atoms with Crippen LogP contribution in [0.3, 0.4) is 0 Å². The van der Waals surface area contributed by atoms with E-state index in [9.17, 15) is 18.0 Å². The van der Waals surface area contributed by atoms with Crippen LogP contribution >= 0.6 is 0 Å². The number of ether oxygens (including phenoxy) is 1. The second-order valence-corrected chi connectivity index (χ2v) is 3.90. The van der Waals surface area contributed by atoms with Crippen LogP contribution in [-0.4, -0.2) is 38.4 Å². The number of nitrogens with two attached hydrogens (primary N) is 1. The quantitative estimate of drug-likeness (QED) is 0.638. The van der Waals surface area contributed by atoms with Crippen molar-refractivity contribution in [2.75, 3.05) is 26.3 Å². The zero-order valence-electron chi connectivity index (χ0n) is 9.85. The fourth-order valence-corrected chi connectivity index (χ4v) is 1.12. The molecule has 102 valence electrons. The Labute approximate surface area is 98.7 Å². The van der Waals surface area contributed by atoms with Crippen molar-refractivity contribution in [1.82, 2.24) is 5.32 Å². The number of halogens is 3. The lowest BCUT2D eigenvalue weighted by atomic mass is 10.1. The van der Waals surface area contributed by atoms with Gasteiger partial charge in [-0.25, -0.2) is 0 Å². The first-order chi connectivity index (χ1) is 7.85. The second-order valence-electron chi connectivity index (χ2n) is 3.90. The number of carbonyl (C=O) groups is 1.